The van der Waals surface area contributed by atoms with Crippen LogP contribution in [0.25, 0.3) is 10.9 Å². The van der Waals surface area contributed by atoms with E-state index < -0.39 is 0 Å². The highest BCUT2D eigenvalue weighted by atomic mass is 16.5. The summed E-state index contributed by atoms with van der Waals surface area (Å²) in [6.45, 7) is 3.26. The minimum atomic E-state index is 0.305. The number of pyridine rings is 1. The highest BCUT2D eigenvalue weighted by Gasteiger charge is 2.37. The molecule has 2 fully saturated rings. The summed E-state index contributed by atoms with van der Waals surface area (Å²) in [5.41, 5.74) is 3.55. The van der Waals surface area contributed by atoms with Crippen molar-refractivity contribution in [1.82, 2.24) is 14.8 Å². The Morgan fingerprint density at radius 2 is 1.91 bits per heavy atom. The second kappa shape index (κ2) is 10.6. The largest absolute Gasteiger partial charge is 0.494 e. The van der Waals surface area contributed by atoms with E-state index in [4.69, 9.17) is 4.74 Å². The molecule has 2 heterocycles. The van der Waals surface area contributed by atoms with Gasteiger partial charge in [0, 0.05) is 49.6 Å². The molecule has 178 valence electrons. The fourth-order valence-electron chi connectivity index (χ4n) is 5.16. The summed E-state index contributed by atoms with van der Waals surface area (Å²) in [5, 5.41) is 1.18. The molecule has 1 saturated carbocycles. The van der Waals surface area contributed by atoms with Crippen molar-refractivity contribution in [2.24, 2.45) is 5.92 Å². The molecule has 0 radical (unpaired) electrons. The standard InChI is InChI=1S/C29H35N3O2/c1-31(21-25-9-5-8-23-10-6-16-30-28(23)25)20-22-7-4-12-27(19-22)34-18-15-26-11-2-3-17-32(26)29(33)24-13-14-24/h4-10,12,16,19,24,26H,2-3,11,13-15,17-18,20-21H2,1H3. The van der Waals surface area contributed by atoms with E-state index in [1.807, 2.05) is 18.3 Å². The number of fused-ring (bicyclic) bond motifs is 1. The minimum Gasteiger partial charge on any atom is -0.494 e. The number of para-hydroxylation sites is 1. The molecular weight excluding hydrogens is 422 g/mol. The van der Waals surface area contributed by atoms with Crippen LogP contribution in [0.15, 0.2) is 60.8 Å². The number of piperidine rings is 1. The molecule has 1 amide bonds. The van der Waals surface area contributed by atoms with Gasteiger partial charge in [-0.15, -0.1) is 0 Å². The van der Waals surface area contributed by atoms with Gasteiger partial charge in [0.15, 0.2) is 0 Å². The van der Waals surface area contributed by atoms with Gasteiger partial charge in [-0.2, -0.15) is 0 Å². The molecule has 1 aromatic heterocycles. The van der Waals surface area contributed by atoms with Crippen molar-refractivity contribution in [2.75, 3.05) is 20.2 Å². The predicted octanol–water partition coefficient (Wildman–Crippen LogP) is 5.43. The summed E-state index contributed by atoms with van der Waals surface area (Å²) in [5.74, 6) is 1.60. The van der Waals surface area contributed by atoms with Gasteiger partial charge in [0.2, 0.25) is 5.91 Å². The maximum absolute atomic E-state index is 12.6. The summed E-state index contributed by atoms with van der Waals surface area (Å²) in [7, 11) is 2.14. The zero-order valence-corrected chi connectivity index (χ0v) is 20.2. The van der Waals surface area contributed by atoms with Crippen molar-refractivity contribution in [3.63, 3.8) is 0 Å². The first-order valence-corrected chi connectivity index (χ1v) is 12.7. The fraction of sp³-hybridized carbons (Fsp3) is 0.448. The molecule has 0 N–H and O–H groups in total. The highest BCUT2D eigenvalue weighted by Crippen LogP contribution is 2.34. The van der Waals surface area contributed by atoms with Gasteiger partial charge in [0.25, 0.3) is 0 Å². The van der Waals surface area contributed by atoms with Gasteiger partial charge < -0.3 is 9.64 Å². The van der Waals surface area contributed by atoms with Gasteiger partial charge >= 0.3 is 0 Å². The Kier molecular flexibility index (Phi) is 7.10. The third-order valence-corrected chi connectivity index (χ3v) is 7.06. The van der Waals surface area contributed by atoms with Gasteiger partial charge in [-0.25, -0.2) is 0 Å². The van der Waals surface area contributed by atoms with Crippen LogP contribution in [0.4, 0.5) is 0 Å². The van der Waals surface area contributed by atoms with E-state index in [9.17, 15) is 4.79 Å². The molecule has 1 atom stereocenters. The maximum atomic E-state index is 12.6. The Balaban J connectivity index is 1.15. The second-order valence-electron chi connectivity index (χ2n) is 9.90. The average molecular weight is 458 g/mol. The first-order valence-electron chi connectivity index (χ1n) is 12.7. The van der Waals surface area contributed by atoms with Crippen LogP contribution < -0.4 is 4.74 Å². The molecule has 5 nitrogen and oxygen atoms in total. The first kappa shape index (κ1) is 22.9. The molecule has 0 spiro atoms. The van der Waals surface area contributed by atoms with Crippen LogP contribution in [0.5, 0.6) is 5.75 Å². The Bertz CT molecular complexity index is 1120. The molecule has 1 unspecified atom stereocenters. The molecular formula is C29H35N3O2. The van der Waals surface area contributed by atoms with E-state index in [0.717, 1.165) is 63.0 Å². The van der Waals surface area contributed by atoms with Gasteiger partial charge in [0.1, 0.15) is 5.75 Å². The van der Waals surface area contributed by atoms with Gasteiger partial charge in [0.05, 0.1) is 12.1 Å². The Morgan fingerprint density at radius 1 is 1.06 bits per heavy atom. The smallest absolute Gasteiger partial charge is 0.225 e. The molecule has 0 bridgehead atoms. The van der Waals surface area contributed by atoms with E-state index in [1.54, 1.807) is 0 Å². The first-order chi connectivity index (χ1) is 16.7. The molecule has 5 rings (SSSR count). The number of likely N-dealkylation sites (tertiary alicyclic amines) is 1. The summed E-state index contributed by atoms with van der Waals surface area (Å²) < 4.78 is 6.14. The third-order valence-electron chi connectivity index (χ3n) is 7.06. The van der Waals surface area contributed by atoms with Crippen molar-refractivity contribution >= 4 is 16.8 Å². The van der Waals surface area contributed by atoms with E-state index >= 15 is 0 Å². The SMILES string of the molecule is CN(Cc1cccc(OCCC2CCCCN2C(=O)C2CC2)c1)Cc1cccc2cccnc12. The van der Waals surface area contributed by atoms with Crippen molar-refractivity contribution in [3.05, 3.63) is 71.9 Å². The lowest BCUT2D eigenvalue weighted by molar-refractivity contribution is -0.136. The number of ether oxygens (including phenoxy) is 1. The van der Waals surface area contributed by atoms with E-state index in [0.29, 0.717) is 24.5 Å². The number of amides is 1. The molecule has 5 heteroatoms. The topological polar surface area (TPSA) is 45.7 Å². The Hall–Kier alpha value is -2.92. The van der Waals surface area contributed by atoms with Gasteiger partial charge in [-0.1, -0.05) is 36.4 Å². The molecule has 1 aliphatic carbocycles. The van der Waals surface area contributed by atoms with Crippen LogP contribution in [0.2, 0.25) is 0 Å². The quantitative estimate of drug-likeness (QED) is 0.430. The molecule has 1 aliphatic heterocycles. The van der Waals surface area contributed by atoms with Crippen molar-refractivity contribution in [2.45, 2.75) is 57.7 Å². The molecule has 2 aromatic carbocycles. The number of nitrogens with zero attached hydrogens (tertiary/aromatic N) is 3. The average Bonchev–Trinajstić information content (AvgIpc) is 3.70. The van der Waals surface area contributed by atoms with E-state index in [-0.39, 0.29) is 0 Å². The number of hydrogen-bond donors (Lipinski definition) is 0. The summed E-state index contributed by atoms with van der Waals surface area (Å²) in [4.78, 5) is 21.7. The minimum absolute atomic E-state index is 0.305. The zero-order chi connectivity index (χ0) is 23.3. The number of aromatic nitrogens is 1. The number of benzene rings is 2. The monoisotopic (exact) mass is 457 g/mol. The number of carbonyl (C=O) groups is 1. The van der Waals surface area contributed by atoms with Crippen molar-refractivity contribution in [1.29, 1.82) is 0 Å². The van der Waals surface area contributed by atoms with Crippen LogP contribution in [0.3, 0.4) is 0 Å². The molecule has 1 saturated heterocycles. The normalized spacial score (nSPS) is 18.4. The Morgan fingerprint density at radius 3 is 2.79 bits per heavy atom. The lowest BCUT2D eigenvalue weighted by Gasteiger charge is -2.36. The number of rotatable bonds is 9. The van der Waals surface area contributed by atoms with Crippen molar-refractivity contribution in [3.8, 4) is 5.75 Å². The van der Waals surface area contributed by atoms with Crippen molar-refractivity contribution < 1.29 is 9.53 Å². The van der Waals surface area contributed by atoms with Crippen LogP contribution >= 0.6 is 0 Å². The lowest BCUT2D eigenvalue weighted by Crippen LogP contribution is -2.45. The van der Waals surface area contributed by atoms with Crippen LogP contribution in [0, 0.1) is 5.92 Å². The molecule has 2 aliphatic rings. The fourth-order valence-corrected chi connectivity index (χ4v) is 5.16. The van der Waals surface area contributed by atoms with Crippen LogP contribution in [0.1, 0.15) is 49.7 Å². The summed E-state index contributed by atoms with van der Waals surface area (Å²) in [6.07, 6.45) is 8.40. The second-order valence-corrected chi connectivity index (χ2v) is 9.90. The lowest BCUT2D eigenvalue weighted by atomic mass is 9.99. The third kappa shape index (κ3) is 5.58. The Labute approximate surface area is 202 Å². The van der Waals surface area contributed by atoms with E-state index in [1.165, 1.54) is 22.9 Å². The van der Waals surface area contributed by atoms with Crippen LogP contribution in [-0.4, -0.2) is 46.9 Å². The van der Waals surface area contributed by atoms with E-state index in [2.05, 4.69) is 64.3 Å². The predicted molar refractivity (Wildman–Crippen MR) is 136 cm³/mol. The van der Waals surface area contributed by atoms with Crippen LogP contribution in [-0.2, 0) is 17.9 Å². The summed E-state index contributed by atoms with van der Waals surface area (Å²) in [6, 6.07) is 19.2. The summed E-state index contributed by atoms with van der Waals surface area (Å²) >= 11 is 0. The number of hydrogen-bond acceptors (Lipinski definition) is 4. The number of carbonyl (C=O) groups excluding carboxylic acids is 1. The van der Waals surface area contributed by atoms with Gasteiger partial charge in [-0.05, 0) is 68.5 Å². The highest BCUT2D eigenvalue weighted by molar-refractivity contribution is 5.82. The molecule has 34 heavy (non-hydrogen) atoms. The maximum Gasteiger partial charge on any atom is 0.225 e. The zero-order valence-electron chi connectivity index (χ0n) is 20.2. The molecule has 3 aromatic rings. The van der Waals surface area contributed by atoms with Gasteiger partial charge in [-0.3, -0.25) is 14.7 Å².